The van der Waals surface area contributed by atoms with E-state index in [2.05, 4.69) is 34.6 Å². The molecule has 1 nitrogen and oxygen atoms in total. The highest BCUT2D eigenvalue weighted by molar-refractivity contribution is 5.10. The molecule has 4 rings (SSSR count). The Bertz CT molecular complexity index is 540. The molecule has 0 aliphatic heterocycles. The molecule has 4 saturated carbocycles. The fourth-order valence-corrected chi connectivity index (χ4v) is 9.38. The summed E-state index contributed by atoms with van der Waals surface area (Å²) in [5.41, 5.74) is 0.985. The summed E-state index contributed by atoms with van der Waals surface area (Å²) < 4.78 is 0. The molecule has 0 radical (unpaired) electrons. The zero-order valence-corrected chi connectivity index (χ0v) is 19.6. The Balaban J connectivity index is 1.49. The maximum atomic E-state index is 11.2. The minimum atomic E-state index is -0.0172. The number of aliphatic hydroxyl groups excluding tert-OH is 1. The van der Waals surface area contributed by atoms with Gasteiger partial charge in [-0.3, -0.25) is 0 Å². The van der Waals surface area contributed by atoms with Crippen molar-refractivity contribution in [2.45, 2.75) is 118 Å². The number of rotatable bonds is 5. The van der Waals surface area contributed by atoms with E-state index in [0.717, 1.165) is 41.9 Å². The van der Waals surface area contributed by atoms with Gasteiger partial charge < -0.3 is 5.11 Å². The maximum absolute atomic E-state index is 11.2. The van der Waals surface area contributed by atoms with Crippen LogP contribution in [-0.2, 0) is 0 Å². The SMILES string of the molecule is CC(C)CCC[C@@H](C)[C@H]1CC[C@H]2[C@@H]3C[C@H](O)[C@H]4CCCC[C@]4(C)[C@H]3CC[C@]12C. The number of fused-ring (bicyclic) bond motifs is 5. The van der Waals surface area contributed by atoms with E-state index < -0.39 is 0 Å². The van der Waals surface area contributed by atoms with Crippen molar-refractivity contribution in [1.29, 1.82) is 0 Å². The van der Waals surface area contributed by atoms with E-state index in [1.807, 2.05) is 0 Å². The molecule has 1 heteroatoms. The topological polar surface area (TPSA) is 20.2 Å². The highest BCUT2D eigenvalue weighted by Gasteiger charge is 2.61. The molecular weight excluding hydrogens is 340 g/mol. The molecule has 4 fully saturated rings. The van der Waals surface area contributed by atoms with E-state index >= 15 is 0 Å². The summed E-state index contributed by atoms with van der Waals surface area (Å²) in [5, 5.41) is 11.2. The zero-order valence-electron chi connectivity index (χ0n) is 19.6. The van der Waals surface area contributed by atoms with E-state index in [4.69, 9.17) is 0 Å². The Morgan fingerprint density at radius 3 is 2.32 bits per heavy atom. The summed E-state index contributed by atoms with van der Waals surface area (Å²) >= 11 is 0. The second kappa shape index (κ2) is 7.90. The zero-order chi connectivity index (χ0) is 20.1. The van der Waals surface area contributed by atoms with Gasteiger partial charge in [-0.2, -0.15) is 0 Å². The third-order valence-electron chi connectivity index (χ3n) is 10.8. The van der Waals surface area contributed by atoms with Crippen molar-refractivity contribution in [3.63, 3.8) is 0 Å². The predicted octanol–water partition coefficient (Wildman–Crippen LogP) is 7.47. The Labute approximate surface area is 175 Å². The fraction of sp³-hybridized carbons (Fsp3) is 1.00. The summed E-state index contributed by atoms with van der Waals surface area (Å²) in [5.74, 6) is 5.85. The monoisotopic (exact) mass is 388 g/mol. The third-order valence-corrected chi connectivity index (χ3v) is 10.8. The largest absolute Gasteiger partial charge is 0.393 e. The van der Waals surface area contributed by atoms with Crippen LogP contribution in [-0.4, -0.2) is 11.2 Å². The first-order valence-electron chi connectivity index (χ1n) is 13.0. The molecule has 0 heterocycles. The Kier molecular flexibility index (Phi) is 5.98. The molecule has 0 aromatic rings. The maximum Gasteiger partial charge on any atom is 0.0576 e. The molecule has 9 atom stereocenters. The van der Waals surface area contributed by atoms with Gasteiger partial charge in [0.25, 0.3) is 0 Å². The van der Waals surface area contributed by atoms with Crippen molar-refractivity contribution >= 4 is 0 Å². The average Bonchev–Trinajstić information content (AvgIpc) is 2.99. The van der Waals surface area contributed by atoms with E-state index in [1.165, 1.54) is 70.6 Å². The predicted molar refractivity (Wildman–Crippen MR) is 119 cm³/mol. The second-order valence-electron chi connectivity index (χ2n) is 12.6. The van der Waals surface area contributed by atoms with Gasteiger partial charge in [0.05, 0.1) is 6.10 Å². The van der Waals surface area contributed by atoms with E-state index in [1.54, 1.807) is 0 Å². The van der Waals surface area contributed by atoms with Crippen LogP contribution in [0.3, 0.4) is 0 Å². The lowest BCUT2D eigenvalue weighted by Gasteiger charge is -2.62. The van der Waals surface area contributed by atoms with E-state index in [-0.39, 0.29) is 6.10 Å². The summed E-state index contributed by atoms with van der Waals surface area (Å²) in [7, 11) is 0. The van der Waals surface area contributed by atoms with Crippen LogP contribution in [0.15, 0.2) is 0 Å². The first kappa shape index (κ1) is 21.2. The van der Waals surface area contributed by atoms with Crippen molar-refractivity contribution < 1.29 is 5.11 Å². The molecule has 0 aromatic carbocycles. The third kappa shape index (κ3) is 3.40. The van der Waals surface area contributed by atoms with Gasteiger partial charge in [-0.05, 0) is 97.2 Å². The van der Waals surface area contributed by atoms with E-state index in [0.29, 0.717) is 16.7 Å². The van der Waals surface area contributed by atoms with Crippen molar-refractivity contribution in [1.82, 2.24) is 0 Å². The summed E-state index contributed by atoms with van der Waals surface area (Å²) in [6.45, 7) is 12.6. The molecule has 4 aliphatic rings. The lowest BCUT2D eigenvalue weighted by molar-refractivity contribution is -0.159. The fourth-order valence-electron chi connectivity index (χ4n) is 9.38. The lowest BCUT2D eigenvalue weighted by Crippen LogP contribution is -2.57. The molecular formula is C27H48O. The molecule has 162 valence electrons. The number of hydrogen-bond donors (Lipinski definition) is 1. The van der Waals surface area contributed by atoms with Crippen LogP contribution in [0.2, 0.25) is 0 Å². The van der Waals surface area contributed by atoms with Gasteiger partial charge in [-0.25, -0.2) is 0 Å². The molecule has 1 N–H and O–H groups in total. The summed E-state index contributed by atoms with van der Waals surface area (Å²) in [6.07, 6.45) is 16.6. The van der Waals surface area contributed by atoms with Gasteiger partial charge in [0.1, 0.15) is 0 Å². The molecule has 0 unspecified atom stereocenters. The van der Waals surface area contributed by atoms with Crippen LogP contribution in [0.5, 0.6) is 0 Å². The van der Waals surface area contributed by atoms with Crippen LogP contribution in [0.25, 0.3) is 0 Å². The molecule has 0 bridgehead atoms. The van der Waals surface area contributed by atoms with Crippen molar-refractivity contribution in [2.75, 3.05) is 0 Å². The number of hydrogen-bond acceptors (Lipinski definition) is 1. The minimum absolute atomic E-state index is 0.0172. The Morgan fingerprint density at radius 2 is 1.57 bits per heavy atom. The van der Waals surface area contributed by atoms with Crippen molar-refractivity contribution in [2.24, 2.45) is 52.3 Å². The molecule has 28 heavy (non-hydrogen) atoms. The highest BCUT2D eigenvalue weighted by Crippen LogP contribution is 2.68. The van der Waals surface area contributed by atoms with Gasteiger partial charge in [0, 0.05) is 0 Å². The minimum Gasteiger partial charge on any atom is -0.393 e. The van der Waals surface area contributed by atoms with E-state index in [9.17, 15) is 5.11 Å². The van der Waals surface area contributed by atoms with Crippen molar-refractivity contribution in [3.05, 3.63) is 0 Å². The number of aliphatic hydroxyl groups is 1. The van der Waals surface area contributed by atoms with Crippen LogP contribution >= 0.6 is 0 Å². The first-order chi connectivity index (χ1) is 13.3. The summed E-state index contributed by atoms with van der Waals surface area (Å²) in [4.78, 5) is 0. The van der Waals surface area contributed by atoms with Gasteiger partial charge in [-0.15, -0.1) is 0 Å². The Hall–Kier alpha value is -0.0400. The lowest BCUT2D eigenvalue weighted by atomic mass is 9.44. The van der Waals surface area contributed by atoms with Gasteiger partial charge in [-0.1, -0.05) is 66.7 Å². The molecule has 0 amide bonds. The Morgan fingerprint density at radius 1 is 0.821 bits per heavy atom. The highest BCUT2D eigenvalue weighted by atomic mass is 16.3. The molecule has 0 saturated heterocycles. The van der Waals surface area contributed by atoms with Crippen molar-refractivity contribution in [3.8, 4) is 0 Å². The molecule has 0 spiro atoms. The second-order valence-corrected chi connectivity index (χ2v) is 12.6. The standard InChI is InChI=1S/C27H48O/c1-18(2)9-8-10-19(3)21-12-13-22-20-17-25(28)24-11-6-7-15-26(24,4)23(20)14-16-27(21,22)5/h18-25,28H,6-17H2,1-5H3/t19-,20+,21-,22+,23+,24-,25+,26-,27-/m1/s1. The molecule has 4 aliphatic carbocycles. The smallest absolute Gasteiger partial charge is 0.0576 e. The van der Waals surface area contributed by atoms with Crippen LogP contribution < -0.4 is 0 Å². The van der Waals surface area contributed by atoms with Crippen LogP contribution in [0.4, 0.5) is 0 Å². The first-order valence-corrected chi connectivity index (χ1v) is 13.0. The normalized spacial score (nSPS) is 49.4. The summed E-state index contributed by atoms with van der Waals surface area (Å²) in [6, 6.07) is 0. The van der Waals surface area contributed by atoms with Crippen LogP contribution in [0, 0.1) is 52.3 Å². The average molecular weight is 389 g/mol. The van der Waals surface area contributed by atoms with Gasteiger partial charge in [0.2, 0.25) is 0 Å². The van der Waals surface area contributed by atoms with Gasteiger partial charge >= 0.3 is 0 Å². The van der Waals surface area contributed by atoms with Crippen LogP contribution in [0.1, 0.15) is 112 Å². The quantitative estimate of drug-likeness (QED) is 0.518. The molecule has 0 aromatic heterocycles. The van der Waals surface area contributed by atoms with Gasteiger partial charge in [0.15, 0.2) is 0 Å².